The van der Waals surface area contributed by atoms with Gasteiger partial charge in [-0.3, -0.25) is 9.79 Å². The maximum atomic E-state index is 12.8. The molecule has 0 rings (SSSR count). The molecule has 0 aromatic carbocycles. The van der Waals surface area contributed by atoms with Crippen LogP contribution >= 0.6 is 0 Å². The van der Waals surface area contributed by atoms with Gasteiger partial charge in [-0.2, -0.15) is 0 Å². The Morgan fingerprint density at radius 3 is 1.71 bits per heavy atom. The van der Waals surface area contributed by atoms with Crippen LogP contribution in [0, 0.1) is 0 Å². The van der Waals surface area contributed by atoms with E-state index in [4.69, 9.17) is 17.2 Å². The molecule has 0 saturated heterocycles. The van der Waals surface area contributed by atoms with Gasteiger partial charge >= 0.3 is 0 Å². The second kappa shape index (κ2) is 19.0. The molecule has 0 spiro atoms. The van der Waals surface area contributed by atoms with Gasteiger partial charge in [0.2, 0.25) is 5.91 Å². The van der Waals surface area contributed by atoms with Crippen LogP contribution in [0.1, 0.15) is 104 Å². The molecular formula is C22H47N5O. The van der Waals surface area contributed by atoms with Crippen molar-refractivity contribution in [2.24, 2.45) is 22.2 Å². The maximum absolute atomic E-state index is 12.8. The Bertz CT molecular complexity index is 380. The van der Waals surface area contributed by atoms with E-state index >= 15 is 0 Å². The molecule has 6 nitrogen and oxygen atoms in total. The van der Waals surface area contributed by atoms with Crippen LogP contribution in [0.2, 0.25) is 0 Å². The standard InChI is InChI=1S/C22H47N5O/c1-3-5-7-9-11-13-18-27(19-14-12-10-8-6-4-2)21(28)20(23)16-15-17-26-22(24)25/h20H,3-19,23H2,1-2H3,(H4,24,25,26)/t20-/m0/s1. The summed E-state index contributed by atoms with van der Waals surface area (Å²) < 4.78 is 0. The topological polar surface area (TPSA) is 111 Å². The minimum Gasteiger partial charge on any atom is -0.370 e. The summed E-state index contributed by atoms with van der Waals surface area (Å²) in [5.41, 5.74) is 16.8. The van der Waals surface area contributed by atoms with Gasteiger partial charge in [-0.1, -0.05) is 78.1 Å². The Balaban J connectivity index is 4.32. The van der Waals surface area contributed by atoms with E-state index in [1.165, 1.54) is 64.2 Å². The second-order valence-corrected chi connectivity index (χ2v) is 7.92. The number of guanidine groups is 1. The fourth-order valence-electron chi connectivity index (χ4n) is 3.38. The zero-order valence-corrected chi connectivity index (χ0v) is 18.6. The zero-order valence-electron chi connectivity index (χ0n) is 18.6. The fourth-order valence-corrected chi connectivity index (χ4v) is 3.38. The molecule has 0 heterocycles. The van der Waals surface area contributed by atoms with Crippen molar-refractivity contribution < 1.29 is 4.79 Å². The molecular weight excluding hydrogens is 350 g/mol. The van der Waals surface area contributed by atoms with Gasteiger partial charge in [-0.15, -0.1) is 0 Å². The second-order valence-electron chi connectivity index (χ2n) is 7.92. The van der Waals surface area contributed by atoms with E-state index in [0.29, 0.717) is 13.0 Å². The summed E-state index contributed by atoms with van der Waals surface area (Å²) in [5.74, 6) is 0.180. The smallest absolute Gasteiger partial charge is 0.239 e. The molecule has 0 saturated carbocycles. The Labute approximate surface area is 173 Å². The summed E-state index contributed by atoms with van der Waals surface area (Å²) >= 11 is 0. The van der Waals surface area contributed by atoms with Crippen molar-refractivity contribution in [3.8, 4) is 0 Å². The Hall–Kier alpha value is -1.30. The summed E-state index contributed by atoms with van der Waals surface area (Å²) in [7, 11) is 0. The van der Waals surface area contributed by atoms with E-state index in [-0.39, 0.29) is 11.9 Å². The van der Waals surface area contributed by atoms with Crippen molar-refractivity contribution in [1.82, 2.24) is 4.90 Å². The summed E-state index contributed by atoms with van der Waals surface area (Å²) in [6, 6.07) is -0.450. The molecule has 0 aliphatic heterocycles. The highest BCUT2D eigenvalue weighted by molar-refractivity contribution is 5.81. The van der Waals surface area contributed by atoms with Gasteiger partial charge in [0.25, 0.3) is 0 Å². The van der Waals surface area contributed by atoms with Crippen molar-refractivity contribution in [3.63, 3.8) is 0 Å². The lowest BCUT2D eigenvalue weighted by Gasteiger charge is -2.26. The Morgan fingerprint density at radius 2 is 1.25 bits per heavy atom. The number of nitrogens with two attached hydrogens (primary N) is 3. The zero-order chi connectivity index (χ0) is 21.0. The summed E-state index contributed by atoms with van der Waals surface area (Å²) in [5, 5.41) is 0. The predicted molar refractivity (Wildman–Crippen MR) is 121 cm³/mol. The Kier molecular flexibility index (Phi) is 18.2. The van der Waals surface area contributed by atoms with Crippen LogP contribution < -0.4 is 17.2 Å². The van der Waals surface area contributed by atoms with E-state index in [0.717, 1.165) is 32.4 Å². The van der Waals surface area contributed by atoms with Crippen molar-refractivity contribution in [2.75, 3.05) is 19.6 Å². The molecule has 0 radical (unpaired) electrons. The number of rotatable bonds is 19. The number of carbonyl (C=O) groups excluding carboxylic acids is 1. The monoisotopic (exact) mass is 397 g/mol. The van der Waals surface area contributed by atoms with E-state index in [2.05, 4.69) is 18.8 Å². The van der Waals surface area contributed by atoms with Gasteiger partial charge in [0.05, 0.1) is 6.04 Å². The highest BCUT2D eigenvalue weighted by atomic mass is 16.2. The fraction of sp³-hybridized carbons (Fsp3) is 0.909. The first-order valence-electron chi connectivity index (χ1n) is 11.6. The molecule has 28 heavy (non-hydrogen) atoms. The number of amides is 1. The van der Waals surface area contributed by atoms with Gasteiger partial charge in [0.15, 0.2) is 5.96 Å². The molecule has 166 valence electrons. The first kappa shape index (κ1) is 26.7. The first-order valence-corrected chi connectivity index (χ1v) is 11.6. The van der Waals surface area contributed by atoms with Gasteiger partial charge in [0, 0.05) is 19.6 Å². The van der Waals surface area contributed by atoms with Crippen LogP contribution in [-0.4, -0.2) is 42.4 Å². The molecule has 6 heteroatoms. The lowest BCUT2D eigenvalue weighted by atomic mass is 10.1. The highest BCUT2D eigenvalue weighted by Gasteiger charge is 2.20. The van der Waals surface area contributed by atoms with Crippen molar-refractivity contribution in [2.45, 2.75) is 110 Å². The minimum atomic E-state index is -0.450. The number of carbonyl (C=O) groups is 1. The van der Waals surface area contributed by atoms with Crippen LogP contribution in [0.3, 0.4) is 0 Å². The Morgan fingerprint density at radius 1 is 0.786 bits per heavy atom. The largest absolute Gasteiger partial charge is 0.370 e. The third kappa shape index (κ3) is 15.7. The molecule has 0 aromatic heterocycles. The highest BCUT2D eigenvalue weighted by Crippen LogP contribution is 2.11. The summed E-state index contributed by atoms with van der Waals surface area (Å²) in [6.45, 7) is 6.66. The van der Waals surface area contributed by atoms with Crippen molar-refractivity contribution in [1.29, 1.82) is 0 Å². The molecule has 1 atom stereocenters. The van der Waals surface area contributed by atoms with Gasteiger partial charge in [0.1, 0.15) is 0 Å². The normalized spacial score (nSPS) is 12.0. The number of nitrogens with zero attached hydrogens (tertiary/aromatic N) is 2. The molecule has 0 fully saturated rings. The quantitative estimate of drug-likeness (QED) is 0.174. The van der Waals surface area contributed by atoms with Crippen molar-refractivity contribution >= 4 is 11.9 Å². The van der Waals surface area contributed by atoms with Crippen LogP contribution in [0.4, 0.5) is 0 Å². The van der Waals surface area contributed by atoms with E-state index in [9.17, 15) is 4.79 Å². The molecule has 1 amide bonds. The van der Waals surface area contributed by atoms with Crippen LogP contribution in [0.5, 0.6) is 0 Å². The van der Waals surface area contributed by atoms with Gasteiger partial charge in [-0.25, -0.2) is 0 Å². The molecule has 0 unspecified atom stereocenters. The third-order valence-corrected chi connectivity index (χ3v) is 5.16. The lowest BCUT2D eigenvalue weighted by Crippen LogP contribution is -2.44. The lowest BCUT2D eigenvalue weighted by molar-refractivity contribution is -0.133. The maximum Gasteiger partial charge on any atom is 0.239 e. The SMILES string of the molecule is CCCCCCCCN(CCCCCCCC)C(=O)[C@@H](N)CCCN=C(N)N. The average Bonchev–Trinajstić information content (AvgIpc) is 2.68. The van der Waals surface area contributed by atoms with E-state index < -0.39 is 6.04 Å². The van der Waals surface area contributed by atoms with Crippen molar-refractivity contribution in [3.05, 3.63) is 0 Å². The summed E-state index contributed by atoms with van der Waals surface area (Å²) in [6.07, 6.45) is 16.1. The molecule has 6 N–H and O–H groups in total. The summed E-state index contributed by atoms with van der Waals surface area (Å²) in [4.78, 5) is 18.8. The van der Waals surface area contributed by atoms with E-state index in [1.54, 1.807) is 0 Å². The number of unbranched alkanes of at least 4 members (excludes halogenated alkanes) is 10. The average molecular weight is 398 g/mol. The van der Waals surface area contributed by atoms with Crippen LogP contribution in [0.15, 0.2) is 4.99 Å². The predicted octanol–water partition coefficient (Wildman–Crippen LogP) is 3.92. The first-order chi connectivity index (χ1) is 13.5. The minimum absolute atomic E-state index is 0.0896. The molecule has 0 aromatic rings. The molecule has 0 aliphatic rings. The van der Waals surface area contributed by atoms with Gasteiger partial charge in [-0.05, 0) is 25.7 Å². The molecule has 0 bridgehead atoms. The van der Waals surface area contributed by atoms with E-state index in [1.807, 2.05) is 4.90 Å². The molecule has 0 aliphatic carbocycles. The van der Waals surface area contributed by atoms with Gasteiger partial charge < -0.3 is 22.1 Å². The van der Waals surface area contributed by atoms with Crippen LogP contribution in [-0.2, 0) is 4.79 Å². The third-order valence-electron chi connectivity index (χ3n) is 5.16. The number of aliphatic imine (C=N–C) groups is 1. The van der Waals surface area contributed by atoms with Crippen LogP contribution in [0.25, 0.3) is 0 Å². The number of hydrogen-bond donors (Lipinski definition) is 3. The number of hydrogen-bond acceptors (Lipinski definition) is 3.